The number of amides is 1. The Balaban J connectivity index is 1.72. The average molecular weight is 404 g/mol. The summed E-state index contributed by atoms with van der Waals surface area (Å²) in [6, 6.07) is 13.8. The van der Waals surface area contributed by atoms with E-state index in [-0.39, 0.29) is 10.6 Å². The number of carbonyl (C=O) groups excluding carboxylic acids is 1. The summed E-state index contributed by atoms with van der Waals surface area (Å²) in [6.45, 7) is 2.98. The number of benzene rings is 2. The van der Waals surface area contributed by atoms with Crippen LogP contribution in [0.4, 0.5) is 0 Å². The van der Waals surface area contributed by atoms with Crippen LogP contribution in [0.25, 0.3) is 0 Å². The number of nitrogens with one attached hydrogen (secondary N) is 2. The predicted octanol–water partition coefficient (Wildman–Crippen LogP) is 2.29. The molecule has 0 aromatic heterocycles. The van der Waals surface area contributed by atoms with E-state index in [1.807, 2.05) is 31.2 Å². The van der Waals surface area contributed by atoms with Crippen molar-refractivity contribution in [3.05, 3.63) is 54.1 Å². The van der Waals surface area contributed by atoms with Crippen molar-refractivity contribution < 1.29 is 23.2 Å². The largest absolute Gasteiger partial charge is 0.457 e. The molecule has 2 aromatic rings. The molecule has 0 bridgehead atoms. The van der Waals surface area contributed by atoms with Crippen LogP contribution < -0.4 is 15.5 Å². The van der Waals surface area contributed by atoms with Gasteiger partial charge in [-0.3, -0.25) is 10.0 Å². The minimum absolute atomic E-state index is 0.170. The Morgan fingerprint density at radius 2 is 1.96 bits per heavy atom. The number of hydrogen-bond donors (Lipinski definition) is 3. The van der Waals surface area contributed by atoms with Gasteiger partial charge in [0.05, 0.1) is 10.6 Å². The maximum absolute atomic E-state index is 12.8. The summed E-state index contributed by atoms with van der Waals surface area (Å²) < 4.78 is 31.4. The zero-order chi connectivity index (χ0) is 20.1. The minimum atomic E-state index is -3.59. The van der Waals surface area contributed by atoms with Gasteiger partial charge in [-0.2, -0.15) is 0 Å². The second-order valence-corrected chi connectivity index (χ2v) is 9.04. The quantitative estimate of drug-likeness (QED) is 0.504. The van der Waals surface area contributed by atoms with Gasteiger partial charge in [0.1, 0.15) is 11.5 Å². The first-order chi connectivity index (χ1) is 13.4. The van der Waals surface area contributed by atoms with Crippen molar-refractivity contribution in [3.63, 3.8) is 0 Å². The number of aryl methyl sites for hydroxylation is 1. The Labute approximate surface area is 164 Å². The molecule has 0 aliphatic carbocycles. The molecule has 0 spiro atoms. The van der Waals surface area contributed by atoms with Gasteiger partial charge in [-0.25, -0.2) is 13.9 Å². The smallest absolute Gasteiger partial charge is 0.246 e. The molecule has 150 valence electrons. The van der Waals surface area contributed by atoms with Crippen molar-refractivity contribution in [2.24, 2.45) is 11.8 Å². The van der Waals surface area contributed by atoms with Crippen LogP contribution in [0, 0.1) is 18.8 Å². The Hall–Kier alpha value is -2.42. The third-order valence-corrected chi connectivity index (χ3v) is 6.75. The standard InChI is InChI=1S/C20H24N2O5S/c1-14-3-2-4-17(11-14)27-16-5-7-18(8-6-16)28(25,26)13-15-12-21-10-9-19(15)20(23)22-24/h2-8,11,15,19,21,24H,9-10,12-13H2,1H3,(H,22,23). The van der Waals surface area contributed by atoms with Gasteiger partial charge in [0.2, 0.25) is 5.91 Å². The van der Waals surface area contributed by atoms with Gasteiger partial charge in [-0.15, -0.1) is 0 Å². The molecule has 2 atom stereocenters. The van der Waals surface area contributed by atoms with Crippen LogP contribution >= 0.6 is 0 Å². The first-order valence-electron chi connectivity index (χ1n) is 9.11. The fourth-order valence-electron chi connectivity index (χ4n) is 3.43. The minimum Gasteiger partial charge on any atom is -0.457 e. The van der Waals surface area contributed by atoms with Crippen LogP contribution in [-0.2, 0) is 14.6 Å². The molecule has 7 nitrogen and oxygen atoms in total. The van der Waals surface area contributed by atoms with Crippen LogP contribution in [0.5, 0.6) is 11.5 Å². The highest BCUT2D eigenvalue weighted by atomic mass is 32.2. The second kappa shape index (κ2) is 8.72. The van der Waals surface area contributed by atoms with Crippen molar-refractivity contribution in [2.45, 2.75) is 18.2 Å². The molecule has 1 aliphatic heterocycles. The number of rotatable bonds is 6. The van der Waals surface area contributed by atoms with Gasteiger partial charge in [0.25, 0.3) is 0 Å². The summed E-state index contributed by atoms with van der Waals surface area (Å²) >= 11 is 0. The third kappa shape index (κ3) is 4.89. The lowest BCUT2D eigenvalue weighted by atomic mass is 9.87. The molecule has 2 unspecified atom stereocenters. The van der Waals surface area contributed by atoms with Gasteiger partial charge in [0, 0.05) is 5.92 Å². The number of sulfone groups is 1. The van der Waals surface area contributed by atoms with Crippen LogP contribution in [0.15, 0.2) is 53.4 Å². The van der Waals surface area contributed by atoms with E-state index >= 15 is 0 Å². The fourth-order valence-corrected chi connectivity index (χ4v) is 5.09. The highest BCUT2D eigenvalue weighted by molar-refractivity contribution is 7.91. The van der Waals surface area contributed by atoms with Crippen LogP contribution in [0.1, 0.15) is 12.0 Å². The van der Waals surface area contributed by atoms with Crippen molar-refractivity contribution >= 4 is 15.7 Å². The molecular weight excluding hydrogens is 380 g/mol. The molecule has 0 radical (unpaired) electrons. The summed E-state index contributed by atoms with van der Waals surface area (Å²) in [6.07, 6.45) is 0.482. The maximum atomic E-state index is 12.8. The normalized spacial score (nSPS) is 19.8. The lowest BCUT2D eigenvalue weighted by Gasteiger charge is -2.30. The Bertz CT molecular complexity index is 928. The van der Waals surface area contributed by atoms with E-state index in [1.54, 1.807) is 17.6 Å². The van der Waals surface area contributed by atoms with E-state index in [2.05, 4.69) is 5.32 Å². The molecule has 1 saturated heterocycles. The number of hydrogen-bond acceptors (Lipinski definition) is 6. The number of hydroxylamine groups is 1. The highest BCUT2D eigenvalue weighted by Crippen LogP contribution is 2.27. The van der Waals surface area contributed by atoms with Gasteiger partial charge in [-0.05, 0) is 74.3 Å². The van der Waals surface area contributed by atoms with E-state index < -0.39 is 27.6 Å². The maximum Gasteiger partial charge on any atom is 0.246 e. The predicted molar refractivity (Wildman–Crippen MR) is 104 cm³/mol. The summed E-state index contributed by atoms with van der Waals surface area (Å²) in [5.74, 6) is -0.429. The lowest BCUT2D eigenvalue weighted by Crippen LogP contribution is -2.46. The molecular formula is C20H24N2O5S. The van der Waals surface area contributed by atoms with Gasteiger partial charge in [-0.1, -0.05) is 12.1 Å². The average Bonchev–Trinajstić information content (AvgIpc) is 2.68. The molecule has 28 heavy (non-hydrogen) atoms. The number of piperidine rings is 1. The van der Waals surface area contributed by atoms with E-state index in [4.69, 9.17) is 9.94 Å². The summed E-state index contributed by atoms with van der Waals surface area (Å²) in [5, 5.41) is 12.0. The van der Waals surface area contributed by atoms with Crippen LogP contribution in [-0.4, -0.2) is 38.4 Å². The van der Waals surface area contributed by atoms with Gasteiger partial charge < -0.3 is 10.1 Å². The molecule has 1 amide bonds. The van der Waals surface area contributed by atoms with Gasteiger partial charge >= 0.3 is 0 Å². The molecule has 1 aliphatic rings. The fraction of sp³-hybridized carbons (Fsp3) is 0.350. The molecule has 2 aromatic carbocycles. The lowest BCUT2D eigenvalue weighted by molar-refractivity contribution is -0.135. The molecule has 0 saturated carbocycles. The highest BCUT2D eigenvalue weighted by Gasteiger charge is 2.34. The molecule has 3 N–H and O–H groups in total. The van der Waals surface area contributed by atoms with E-state index in [0.717, 1.165) is 5.56 Å². The van der Waals surface area contributed by atoms with Crippen LogP contribution in [0.3, 0.4) is 0 Å². The first-order valence-corrected chi connectivity index (χ1v) is 10.8. The Morgan fingerprint density at radius 3 is 2.64 bits per heavy atom. The Kier molecular flexibility index (Phi) is 6.33. The van der Waals surface area contributed by atoms with E-state index in [0.29, 0.717) is 31.0 Å². The summed E-state index contributed by atoms with van der Waals surface area (Å²) in [4.78, 5) is 12.0. The van der Waals surface area contributed by atoms with Gasteiger partial charge in [0.15, 0.2) is 9.84 Å². The molecule has 3 rings (SSSR count). The molecule has 1 fully saturated rings. The second-order valence-electron chi connectivity index (χ2n) is 7.01. The SMILES string of the molecule is Cc1cccc(Oc2ccc(S(=O)(=O)CC3CNCCC3C(=O)NO)cc2)c1. The summed E-state index contributed by atoms with van der Waals surface area (Å²) in [5.41, 5.74) is 2.72. The van der Waals surface area contributed by atoms with E-state index in [1.165, 1.54) is 12.1 Å². The monoisotopic (exact) mass is 404 g/mol. The van der Waals surface area contributed by atoms with Crippen molar-refractivity contribution in [1.82, 2.24) is 10.8 Å². The molecule has 1 heterocycles. The molecule has 8 heteroatoms. The zero-order valence-electron chi connectivity index (χ0n) is 15.6. The zero-order valence-corrected chi connectivity index (χ0v) is 16.4. The third-order valence-electron chi connectivity index (χ3n) is 4.90. The van der Waals surface area contributed by atoms with Crippen molar-refractivity contribution in [1.29, 1.82) is 0 Å². The number of carbonyl (C=O) groups is 1. The van der Waals surface area contributed by atoms with E-state index in [9.17, 15) is 13.2 Å². The van der Waals surface area contributed by atoms with Crippen molar-refractivity contribution in [2.75, 3.05) is 18.8 Å². The summed E-state index contributed by atoms with van der Waals surface area (Å²) in [7, 11) is -3.59. The first kappa shape index (κ1) is 20.3. The number of ether oxygens (including phenoxy) is 1. The Morgan fingerprint density at radius 1 is 1.21 bits per heavy atom. The van der Waals surface area contributed by atoms with Crippen LogP contribution in [0.2, 0.25) is 0 Å². The van der Waals surface area contributed by atoms with Crippen molar-refractivity contribution in [3.8, 4) is 11.5 Å². The topological polar surface area (TPSA) is 105 Å².